The van der Waals surface area contributed by atoms with E-state index in [9.17, 15) is 9.59 Å². The lowest BCUT2D eigenvalue weighted by Gasteiger charge is -2.01. The maximum Gasteiger partial charge on any atom is 0.315 e. The summed E-state index contributed by atoms with van der Waals surface area (Å²) in [5.41, 5.74) is 0. The van der Waals surface area contributed by atoms with E-state index in [1.807, 2.05) is 0 Å². The monoisotopic (exact) mass is 247 g/mol. The van der Waals surface area contributed by atoms with Gasteiger partial charge >= 0.3 is 5.97 Å². The van der Waals surface area contributed by atoms with Crippen LogP contribution < -0.4 is 5.32 Å². The molecule has 15 heavy (non-hydrogen) atoms. The lowest BCUT2D eigenvalue weighted by Crippen LogP contribution is -2.17. The van der Waals surface area contributed by atoms with Gasteiger partial charge < -0.3 is 10.1 Å². The smallest absolute Gasteiger partial charge is 0.315 e. The van der Waals surface area contributed by atoms with Gasteiger partial charge in [-0.25, -0.2) is 0 Å². The van der Waals surface area contributed by atoms with Crippen LogP contribution in [-0.2, 0) is 14.3 Å². The minimum absolute atomic E-state index is 0.274. The molecule has 0 bridgehead atoms. The van der Waals surface area contributed by atoms with Crippen LogP contribution in [0.1, 0.15) is 13.3 Å². The first-order valence-electron chi connectivity index (χ1n) is 4.32. The predicted molar refractivity (Wildman–Crippen MR) is 59.2 cm³/mol. The van der Waals surface area contributed by atoms with E-state index in [0.29, 0.717) is 9.34 Å². The molecule has 1 heterocycles. The number of carbonyl (C=O) groups is 2. The van der Waals surface area contributed by atoms with Crippen molar-refractivity contribution in [2.75, 3.05) is 11.9 Å². The highest BCUT2D eigenvalue weighted by Crippen LogP contribution is 2.25. The summed E-state index contributed by atoms with van der Waals surface area (Å²) < 4.78 is 5.22. The van der Waals surface area contributed by atoms with Crippen molar-refractivity contribution in [1.29, 1.82) is 0 Å². The molecule has 0 saturated heterocycles. The van der Waals surface area contributed by atoms with Crippen LogP contribution in [0.5, 0.6) is 0 Å². The first-order valence-corrected chi connectivity index (χ1v) is 5.52. The van der Waals surface area contributed by atoms with Gasteiger partial charge in [0, 0.05) is 0 Å². The molecule has 0 atom stereocenters. The molecule has 0 unspecified atom stereocenters. The van der Waals surface area contributed by atoms with E-state index in [1.54, 1.807) is 19.1 Å². The van der Waals surface area contributed by atoms with Crippen LogP contribution in [-0.4, -0.2) is 18.5 Å². The SMILES string of the molecule is CCOC(=O)CC(=O)Nc1ccc(Cl)s1. The summed E-state index contributed by atoms with van der Waals surface area (Å²) in [5.74, 6) is -0.926. The summed E-state index contributed by atoms with van der Waals surface area (Å²) in [6, 6.07) is 3.35. The summed E-state index contributed by atoms with van der Waals surface area (Å²) >= 11 is 6.91. The summed E-state index contributed by atoms with van der Waals surface area (Å²) in [6.07, 6.45) is -0.274. The third-order valence-electron chi connectivity index (χ3n) is 1.45. The van der Waals surface area contributed by atoms with Crippen molar-refractivity contribution in [2.45, 2.75) is 13.3 Å². The van der Waals surface area contributed by atoms with E-state index in [2.05, 4.69) is 10.1 Å². The molecule has 0 aliphatic carbocycles. The second kappa shape index (κ2) is 5.72. The van der Waals surface area contributed by atoms with Gasteiger partial charge in [-0.2, -0.15) is 0 Å². The highest BCUT2D eigenvalue weighted by atomic mass is 35.5. The number of carbonyl (C=O) groups excluding carboxylic acids is 2. The fraction of sp³-hybridized carbons (Fsp3) is 0.333. The number of anilines is 1. The van der Waals surface area contributed by atoms with Gasteiger partial charge in [-0.05, 0) is 19.1 Å². The Balaban J connectivity index is 2.39. The number of halogens is 1. The summed E-state index contributed by atoms with van der Waals surface area (Å²) in [4.78, 5) is 22.2. The molecule has 1 aromatic heterocycles. The van der Waals surface area contributed by atoms with Crippen LogP contribution in [0.15, 0.2) is 12.1 Å². The summed E-state index contributed by atoms with van der Waals surface area (Å²) in [5, 5.41) is 3.17. The molecule has 1 N–H and O–H groups in total. The molecule has 82 valence electrons. The summed E-state index contributed by atoms with van der Waals surface area (Å²) in [7, 11) is 0. The zero-order valence-electron chi connectivity index (χ0n) is 8.08. The minimum Gasteiger partial charge on any atom is -0.466 e. The lowest BCUT2D eigenvalue weighted by molar-refractivity contribution is -0.145. The normalized spacial score (nSPS) is 9.73. The van der Waals surface area contributed by atoms with Crippen LogP contribution >= 0.6 is 22.9 Å². The molecule has 4 nitrogen and oxygen atoms in total. The van der Waals surface area contributed by atoms with Gasteiger partial charge in [0.2, 0.25) is 5.91 Å². The number of ether oxygens (including phenoxy) is 1. The van der Waals surface area contributed by atoms with E-state index < -0.39 is 11.9 Å². The Morgan fingerprint density at radius 1 is 1.53 bits per heavy atom. The molecule has 0 fully saturated rings. The van der Waals surface area contributed by atoms with Crippen molar-refractivity contribution in [3.05, 3.63) is 16.5 Å². The predicted octanol–water partition coefficient (Wildman–Crippen LogP) is 2.29. The second-order valence-electron chi connectivity index (χ2n) is 2.63. The molecule has 0 saturated carbocycles. The maximum atomic E-state index is 11.3. The van der Waals surface area contributed by atoms with Gasteiger partial charge in [0.15, 0.2) is 0 Å². The Morgan fingerprint density at radius 3 is 2.80 bits per heavy atom. The molecule has 0 aliphatic rings. The number of hydrogen-bond donors (Lipinski definition) is 1. The Bertz CT molecular complexity index is 364. The first-order chi connectivity index (χ1) is 7.11. The molecule has 1 aromatic rings. The number of esters is 1. The van der Waals surface area contributed by atoms with Crippen molar-refractivity contribution in [2.24, 2.45) is 0 Å². The summed E-state index contributed by atoms with van der Waals surface area (Å²) in [6.45, 7) is 1.96. The zero-order chi connectivity index (χ0) is 11.3. The van der Waals surface area contributed by atoms with Gasteiger partial charge in [-0.1, -0.05) is 11.6 Å². The van der Waals surface area contributed by atoms with Gasteiger partial charge in [-0.15, -0.1) is 11.3 Å². The average molecular weight is 248 g/mol. The number of hydrogen-bond acceptors (Lipinski definition) is 4. The molecular formula is C9H10ClNO3S. The van der Waals surface area contributed by atoms with E-state index in [1.165, 1.54) is 11.3 Å². The third-order valence-corrected chi connectivity index (χ3v) is 2.59. The minimum atomic E-state index is -0.530. The fourth-order valence-electron chi connectivity index (χ4n) is 0.906. The standard InChI is InChI=1S/C9H10ClNO3S/c1-2-14-9(13)5-7(12)11-8-4-3-6(10)15-8/h3-4H,2,5H2,1H3,(H,11,12). The molecular weight excluding hydrogens is 238 g/mol. The van der Waals surface area contributed by atoms with Crippen LogP contribution in [0.4, 0.5) is 5.00 Å². The van der Waals surface area contributed by atoms with Crippen molar-refractivity contribution in [3.8, 4) is 0 Å². The Hall–Kier alpha value is -1.07. The van der Waals surface area contributed by atoms with Crippen LogP contribution in [0.2, 0.25) is 4.34 Å². The molecule has 0 aromatic carbocycles. The Morgan fingerprint density at radius 2 is 2.27 bits per heavy atom. The Kier molecular flexibility index (Phi) is 4.58. The average Bonchev–Trinajstić information content (AvgIpc) is 2.51. The number of rotatable bonds is 4. The van der Waals surface area contributed by atoms with Crippen molar-refractivity contribution >= 4 is 39.8 Å². The Labute approximate surface area is 96.2 Å². The first kappa shape index (κ1) is 12.0. The van der Waals surface area contributed by atoms with Crippen LogP contribution in [0, 0.1) is 0 Å². The number of nitrogens with one attached hydrogen (secondary N) is 1. The molecule has 1 amide bonds. The highest BCUT2D eigenvalue weighted by molar-refractivity contribution is 7.20. The molecule has 1 rings (SSSR count). The molecule has 0 aliphatic heterocycles. The van der Waals surface area contributed by atoms with E-state index >= 15 is 0 Å². The van der Waals surface area contributed by atoms with Crippen molar-refractivity contribution in [3.63, 3.8) is 0 Å². The topological polar surface area (TPSA) is 55.4 Å². The van der Waals surface area contributed by atoms with E-state index in [0.717, 1.165) is 0 Å². The van der Waals surface area contributed by atoms with Gasteiger partial charge in [0.1, 0.15) is 6.42 Å². The second-order valence-corrected chi connectivity index (χ2v) is 4.35. The molecule has 0 spiro atoms. The highest BCUT2D eigenvalue weighted by Gasteiger charge is 2.10. The number of amides is 1. The van der Waals surface area contributed by atoms with Crippen LogP contribution in [0.3, 0.4) is 0 Å². The number of thiophene rings is 1. The van der Waals surface area contributed by atoms with Gasteiger partial charge in [0.05, 0.1) is 15.9 Å². The van der Waals surface area contributed by atoms with Gasteiger partial charge in [0.25, 0.3) is 0 Å². The van der Waals surface area contributed by atoms with E-state index in [-0.39, 0.29) is 13.0 Å². The van der Waals surface area contributed by atoms with Gasteiger partial charge in [-0.3, -0.25) is 9.59 Å². The molecule has 6 heteroatoms. The van der Waals surface area contributed by atoms with Crippen molar-refractivity contribution < 1.29 is 14.3 Å². The van der Waals surface area contributed by atoms with Crippen molar-refractivity contribution in [1.82, 2.24) is 0 Å². The fourth-order valence-corrected chi connectivity index (χ4v) is 1.87. The quantitative estimate of drug-likeness (QED) is 0.656. The zero-order valence-corrected chi connectivity index (χ0v) is 9.65. The third kappa shape index (κ3) is 4.31. The lowest BCUT2D eigenvalue weighted by atomic mass is 10.4. The van der Waals surface area contributed by atoms with E-state index in [4.69, 9.17) is 11.6 Å². The molecule has 0 radical (unpaired) electrons. The largest absolute Gasteiger partial charge is 0.466 e. The maximum absolute atomic E-state index is 11.3. The van der Waals surface area contributed by atoms with Crippen LogP contribution in [0.25, 0.3) is 0 Å².